The van der Waals surface area contributed by atoms with Crippen molar-refractivity contribution in [3.8, 4) is 0 Å². The van der Waals surface area contributed by atoms with E-state index < -0.39 is 0 Å². The number of nitrogens with one attached hydrogen (secondary N) is 1. The minimum Gasteiger partial charge on any atom is -0.465 e. The summed E-state index contributed by atoms with van der Waals surface area (Å²) in [6, 6.07) is 3.38. The largest absolute Gasteiger partial charge is 0.465 e. The van der Waals surface area contributed by atoms with Crippen molar-refractivity contribution in [2.24, 2.45) is 5.92 Å². The van der Waals surface area contributed by atoms with Gasteiger partial charge in [-0.3, -0.25) is 0 Å². The van der Waals surface area contributed by atoms with Gasteiger partial charge in [0.25, 0.3) is 0 Å². The number of methoxy groups -OCH3 is 1. The molecule has 1 unspecified atom stereocenters. The molecule has 0 aromatic carbocycles. The molecule has 1 N–H and O–H groups in total. The highest BCUT2D eigenvalue weighted by Crippen LogP contribution is 2.18. The summed E-state index contributed by atoms with van der Waals surface area (Å²) in [7, 11) is 1.38. The lowest BCUT2D eigenvalue weighted by molar-refractivity contribution is 0.0600. The molecule has 1 aromatic heterocycles. The van der Waals surface area contributed by atoms with E-state index in [2.05, 4.69) is 27.2 Å². The molecule has 0 radical (unpaired) electrons. The fourth-order valence-corrected chi connectivity index (χ4v) is 2.06. The van der Waals surface area contributed by atoms with Gasteiger partial charge in [0, 0.05) is 12.7 Å². The van der Waals surface area contributed by atoms with Crippen LogP contribution in [0.2, 0.25) is 0 Å². The molecule has 4 heteroatoms. The fraction of sp³-hybridized carbons (Fsp3) is 0.429. The maximum atomic E-state index is 11.4. The Hall–Kier alpha value is -1.84. The second-order valence-electron chi connectivity index (χ2n) is 4.45. The maximum absolute atomic E-state index is 11.4. The molecule has 0 saturated heterocycles. The zero-order valence-corrected chi connectivity index (χ0v) is 10.6. The highest BCUT2D eigenvalue weighted by molar-refractivity contribution is 5.89. The van der Waals surface area contributed by atoms with Crippen LogP contribution in [0.15, 0.2) is 30.5 Å². The van der Waals surface area contributed by atoms with Crippen molar-refractivity contribution in [3.63, 3.8) is 0 Å². The Morgan fingerprint density at radius 2 is 2.44 bits per heavy atom. The Labute approximate surface area is 107 Å². The second-order valence-corrected chi connectivity index (χ2v) is 4.45. The number of hydrogen-bond donors (Lipinski definition) is 1. The third-order valence-corrected chi connectivity index (χ3v) is 3.13. The molecule has 2 rings (SSSR count). The molecule has 96 valence electrons. The average Bonchev–Trinajstić information content (AvgIpc) is 2.45. The molecule has 1 aliphatic carbocycles. The molecular formula is C14H18N2O2. The maximum Gasteiger partial charge on any atom is 0.338 e. The van der Waals surface area contributed by atoms with E-state index >= 15 is 0 Å². The third kappa shape index (κ3) is 3.32. The first-order valence-electron chi connectivity index (χ1n) is 6.23. The van der Waals surface area contributed by atoms with E-state index in [4.69, 9.17) is 0 Å². The van der Waals surface area contributed by atoms with Crippen LogP contribution in [0.3, 0.4) is 0 Å². The van der Waals surface area contributed by atoms with Crippen LogP contribution < -0.4 is 5.32 Å². The van der Waals surface area contributed by atoms with Gasteiger partial charge in [-0.05, 0) is 37.3 Å². The van der Waals surface area contributed by atoms with Crippen molar-refractivity contribution in [2.75, 3.05) is 19.0 Å². The van der Waals surface area contributed by atoms with Crippen LogP contribution >= 0.6 is 0 Å². The fourth-order valence-electron chi connectivity index (χ4n) is 2.06. The Morgan fingerprint density at radius 3 is 3.17 bits per heavy atom. The molecule has 1 aromatic rings. The predicted octanol–water partition coefficient (Wildman–Crippen LogP) is 2.64. The molecule has 0 saturated carbocycles. The topological polar surface area (TPSA) is 51.2 Å². The highest BCUT2D eigenvalue weighted by Gasteiger charge is 2.11. The van der Waals surface area contributed by atoms with Gasteiger partial charge in [-0.1, -0.05) is 12.2 Å². The number of carbonyl (C=O) groups is 1. The number of carbonyl (C=O) groups excluding carboxylic acids is 1. The summed E-state index contributed by atoms with van der Waals surface area (Å²) < 4.78 is 4.68. The van der Waals surface area contributed by atoms with Crippen molar-refractivity contribution >= 4 is 11.8 Å². The van der Waals surface area contributed by atoms with Crippen LogP contribution in [-0.4, -0.2) is 24.6 Å². The van der Waals surface area contributed by atoms with Gasteiger partial charge < -0.3 is 10.1 Å². The molecule has 1 heterocycles. The first-order chi connectivity index (χ1) is 8.79. The van der Waals surface area contributed by atoms with Gasteiger partial charge in [-0.2, -0.15) is 0 Å². The van der Waals surface area contributed by atoms with Crippen molar-refractivity contribution in [1.29, 1.82) is 0 Å². The third-order valence-electron chi connectivity index (χ3n) is 3.13. The predicted molar refractivity (Wildman–Crippen MR) is 70.5 cm³/mol. The van der Waals surface area contributed by atoms with Crippen LogP contribution in [0, 0.1) is 5.92 Å². The summed E-state index contributed by atoms with van der Waals surface area (Å²) in [6.07, 6.45) is 9.56. The number of hydrogen-bond acceptors (Lipinski definition) is 4. The average molecular weight is 246 g/mol. The van der Waals surface area contributed by atoms with Crippen molar-refractivity contribution < 1.29 is 9.53 Å². The van der Waals surface area contributed by atoms with E-state index in [9.17, 15) is 4.79 Å². The molecule has 0 bridgehead atoms. The lowest BCUT2D eigenvalue weighted by atomic mass is 9.94. The first-order valence-corrected chi connectivity index (χ1v) is 6.23. The van der Waals surface area contributed by atoms with Crippen LogP contribution in [0.4, 0.5) is 5.82 Å². The molecule has 18 heavy (non-hydrogen) atoms. The Bertz CT molecular complexity index is 443. The van der Waals surface area contributed by atoms with E-state index in [0.29, 0.717) is 11.5 Å². The first kappa shape index (κ1) is 12.6. The van der Waals surface area contributed by atoms with Crippen molar-refractivity contribution in [2.45, 2.75) is 19.3 Å². The van der Waals surface area contributed by atoms with Gasteiger partial charge in [0.1, 0.15) is 5.82 Å². The monoisotopic (exact) mass is 246 g/mol. The van der Waals surface area contributed by atoms with Gasteiger partial charge in [0.2, 0.25) is 0 Å². The quantitative estimate of drug-likeness (QED) is 0.655. The van der Waals surface area contributed by atoms with Gasteiger partial charge in [-0.15, -0.1) is 0 Å². The van der Waals surface area contributed by atoms with E-state index in [1.54, 1.807) is 18.3 Å². The number of allylic oxidation sites excluding steroid dienone is 2. The zero-order valence-electron chi connectivity index (χ0n) is 10.6. The standard InChI is InChI=1S/C14H18N2O2/c1-18-14(17)12-7-8-15-13(9-12)16-10-11-5-3-2-4-6-11/h2-3,7-9,11H,4-6,10H2,1H3,(H,15,16). The van der Waals surface area contributed by atoms with Crippen molar-refractivity contribution in [1.82, 2.24) is 4.98 Å². The van der Waals surface area contributed by atoms with Gasteiger partial charge in [-0.25, -0.2) is 9.78 Å². The molecule has 1 atom stereocenters. The summed E-state index contributed by atoms with van der Waals surface area (Å²) in [5.74, 6) is 1.05. The van der Waals surface area contributed by atoms with Gasteiger partial charge in [0.15, 0.2) is 0 Å². The zero-order chi connectivity index (χ0) is 12.8. The number of ether oxygens (including phenoxy) is 1. The second kappa shape index (κ2) is 6.19. The Morgan fingerprint density at radius 1 is 1.56 bits per heavy atom. The van der Waals surface area contributed by atoms with Crippen molar-refractivity contribution in [3.05, 3.63) is 36.0 Å². The number of rotatable bonds is 4. The van der Waals surface area contributed by atoms with E-state index in [1.165, 1.54) is 13.5 Å². The van der Waals surface area contributed by atoms with Crippen LogP contribution in [0.5, 0.6) is 0 Å². The van der Waals surface area contributed by atoms with E-state index in [0.717, 1.165) is 25.2 Å². The lowest BCUT2D eigenvalue weighted by Gasteiger charge is -2.18. The number of pyridine rings is 1. The number of esters is 1. The Balaban J connectivity index is 1.92. The molecule has 4 nitrogen and oxygen atoms in total. The minimum atomic E-state index is -0.332. The number of anilines is 1. The highest BCUT2D eigenvalue weighted by atomic mass is 16.5. The SMILES string of the molecule is COC(=O)c1ccnc(NCC2CC=CCC2)c1. The van der Waals surface area contributed by atoms with Crippen LogP contribution in [0.25, 0.3) is 0 Å². The van der Waals surface area contributed by atoms with E-state index in [-0.39, 0.29) is 5.97 Å². The normalized spacial score (nSPS) is 18.4. The number of nitrogens with zero attached hydrogens (tertiary/aromatic N) is 1. The van der Waals surface area contributed by atoms with Gasteiger partial charge >= 0.3 is 5.97 Å². The lowest BCUT2D eigenvalue weighted by Crippen LogP contribution is -2.16. The van der Waals surface area contributed by atoms with Crippen LogP contribution in [-0.2, 0) is 4.74 Å². The van der Waals surface area contributed by atoms with Crippen LogP contribution in [0.1, 0.15) is 29.6 Å². The summed E-state index contributed by atoms with van der Waals surface area (Å²) >= 11 is 0. The molecule has 0 aliphatic heterocycles. The smallest absolute Gasteiger partial charge is 0.338 e. The van der Waals surface area contributed by atoms with Gasteiger partial charge in [0.05, 0.1) is 12.7 Å². The summed E-state index contributed by atoms with van der Waals surface area (Å²) in [5, 5.41) is 3.28. The molecule has 0 fully saturated rings. The summed E-state index contributed by atoms with van der Waals surface area (Å²) in [6.45, 7) is 0.891. The molecule has 1 aliphatic rings. The number of aromatic nitrogens is 1. The minimum absolute atomic E-state index is 0.332. The summed E-state index contributed by atoms with van der Waals surface area (Å²) in [4.78, 5) is 15.6. The summed E-state index contributed by atoms with van der Waals surface area (Å²) in [5.41, 5.74) is 0.526. The Kier molecular flexibility index (Phi) is 4.34. The molecular weight excluding hydrogens is 228 g/mol. The van der Waals surface area contributed by atoms with E-state index in [1.807, 2.05) is 0 Å². The molecule has 0 amide bonds. The molecule has 0 spiro atoms.